The number of benzene rings is 1. The number of halogens is 1. The van der Waals surface area contributed by atoms with Gasteiger partial charge in [0.1, 0.15) is 5.82 Å². The predicted molar refractivity (Wildman–Crippen MR) is 92.3 cm³/mol. The molecule has 25 heavy (non-hydrogen) atoms. The first-order valence-corrected chi connectivity index (χ1v) is 8.70. The molecule has 0 radical (unpaired) electrons. The van der Waals surface area contributed by atoms with Gasteiger partial charge in [-0.3, -0.25) is 4.79 Å². The maximum absolute atomic E-state index is 13.1. The predicted octanol–water partition coefficient (Wildman–Crippen LogP) is 3.18. The molecular formula is C18H18FNO4S. The molecule has 1 saturated heterocycles. The molecule has 1 aliphatic heterocycles. The monoisotopic (exact) mass is 363 g/mol. The van der Waals surface area contributed by atoms with Crippen molar-refractivity contribution in [2.75, 3.05) is 13.1 Å². The first kappa shape index (κ1) is 17.6. The van der Waals surface area contributed by atoms with Crippen molar-refractivity contribution < 1.29 is 23.8 Å². The van der Waals surface area contributed by atoms with Gasteiger partial charge in [0.15, 0.2) is 6.10 Å². The number of hydrogen-bond donors (Lipinski definition) is 1. The summed E-state index contributed by atoms with van der Waals surface area (Å²) >= 11 is 1.35. The van der Waals surface area contributed by atoms with Crippen LogP contribution in [0.2, 0.25) is 0 Å². The van der Waals surface area contributed by atoms with E-state index in [1.807, 2.05) is 6.92 Å². The third kappa shape index (κ3) is 3.72. The Morgan fingerprint density at radius 3 is 2.60 bits per heavy atom. The van der Waals surface area contributed by atoms with Crippen LogP contribution < -0.4 is 0 Å². The molecule has 5 nitrogen and oxygen atoms in total. The zero-order valence-corrected chi connectivity index (χ0v) is 14.7. The SMILES string of the molecule is Cc1sc(C(=O)N2CC(C(=O)O)O[C@H](C)C2)cc1-c1ccc(F)cc1. The van der Waals surface area contributed by atoms with Crippen molar-refractivity contribution in [2.24, 2.45) is 0 Å². The molecule has 1 aliphatic rings. The molecular weight excluding hydrogens is 345 g/mol. The van der Waals surface area contributed by atoms with Crippen LogP contribution in [0.15, 0.2) is 30.3 Å². The van der Waals surface area contributed by atoms with E-state index in [4.69, 9.17) is 9.84 Å². The minimum Gasteiger partial charge on any atom is -0.479 e. The minimum atomic E-state index is -1.07. The van der Waals surface area contributed by atoms with Crippen molar-refractivity contribution in [1.29, 1.82) is 0 Å². The average Bonchev–Trinajstić information content (AvgIpc) is 2.96. The maximum atomic E-state index is 13.1. The van der Waals surface area contributed by atoms with Crippen LogP contribution in [0.1, 0.15) is 21.5 Å². The normalized spacial score (nSPS) is 20.5. The topological polar surface area (TPSA) is 66.8 Å². The van der Waals surface area contributed by atoms with Crippen LogP contribution in [-0.4, -0.2) is 47.2 Å². The third-order valence-electron chi connectivity index (χ3n) is 4.11. The fraction of sp³-hybridized carbons (Fsp3) is 0.333. The smallest absolute Gasteiger partial charge is 0.334 e. The van der Waals surface area contributed by atoms with Crippen molar-refractivity contribution in [1.82, 2.24) is 4.90 Å². The lowest BCUT2D eigenvalue weighted by atomic mass is 10.1. The molecule has 3 rings (SSSR count). The van der Waals surface area contributed by atoms with E-state index in [1.165, 1.54) is 28.4 Å². The van der Waals surface area contributed by atoms with Gasteiger partial charge >= 0.3 is 5.97 Å². The van der Waals surface area contributed by atoms with Gasteiger partial charge in [-0.05, 0) is 43.2 Å². The van der Waals surface area contributed by atoms with Gasteiger partial charge in [-0.15, -0.1) is 11.3 Å². The number of carboxylic acids is 1. The Labute approximate surface area is 148 Å². The highest BCUT2D eigenvalue weighted by Gasteiger charge is 2.33. The highest BCUT2D eigenvalue weighted by molar-refractivity contribution is 7.14. The number of rotatable bonds is 3. The van der Waals surface area contributed by atoms with E-state index in [2.05, 4.69) is 0 Å². The second-order valence-electron chi connectivity index (χ2n) is 6.07. The number of aryl methyl sites for hydroxylation is 1. The average molecular weight is 363 g/mol. The van der Waals surface area contributed by atoms with Crippen molar-refractivity contribution in [3.63, 3.8) is 0 Å². The molecule has 0 saturated carbocycles. The quantitative estimate of drug-likeness (QED) is 0.910. The molecule has 0 spiro atoms. The van der Waals surface area contributed by atoms with Crippen LogP contribution in [0, 0.1) is 12.7 Å². The Hall–Kier alpha value is -2.25. The number of nitrogens with zero attached hydrogens (tertiary/aromatic N) is 1. The Bertz CT molecular complexity index is 802. The van der Waals surface area contributed by atoms with E-state index < -0.39 is 12.1 Å². The molecule has 0 aliphatic carbocycles. The van der Waals surface area contributed by atoms with Gasteiger partial charge in [-0.1, -0.05) is 12.1 Å². The summed E-state index contributed by atoms with van der Waals surface area (Å²) in [6.07, 6.45) is -1.35. The molecule has 7 heteroatoms. The van der Waals surface area contributed by atoms with Crippen molar-refractivity contribution >= 4 is 23.2 Å². The third-order valence-corrected chi connectivity index (χ3v) is 5.15. The number of carboxylic acid groups (broad SMARTS) is 1. The number of thiophene rings is 1. The number of aliphatic carboxylic acids is 1. The fourth-order valence-corrected chi connectivity index (χ4v) is 3.92. The van der Waals surface area contributed by atoms with Crippen LogP contribution in [0.25, 0.3) is 11.1 Å². The van der Waals surface area contributed by atoms with Crippen LogP contribution in [0.4, 0.5) is 4.39 Å². The molecule has 0 bridgehead atoms. The molecule has 1 unspecified atom stereocenters. The molecule has 132 valence electrons. The van der Waals surface area contributed by atoms with Crippen molar-refractivity contribution in [2.45, 2.75) is 26.1 Å². The number of ether oxygens (including phenoxy) is 1. The molecule has 2 atom stereocenters. The fourth-order valence-electron chi connectivity index (χ4n) is 2.91. The summed E-state index contributed by atoms with van der Waals surface area (Å²) < 4.78 is 18.4. The van der Waals surface area contributed by atoms with Gasteiger partial charge in [-0.25, -0.2) is 9.18 Å². The molecule has 2 heterocycles. The summed E-state index contributed by atoms with van der Waals surface area (Å²) in [6.45, 7) is 4.04. The zero-order chi connectivity index (χ0) is 18.1. The molecule has 2 aromatic rings. The molecule has 1 aromatic carbocycles. The summed E-state index contributed by atoms with van der Waals surface area (Å²) in [6, 6.07) is 7.90. The van der Waals surface area contributed by atoms with Gasteiger partial charge in [-0.2, -0.15) is 0 Å². The minimum absolute atomic E-state index is 0.0291. The van der Waals surface area contributed by atoms with Gasteiger partial charge in [0.2, 0.25) is 0 Å². The highest BCUT2D eigenvalue weighted by atomic mass is 32.1. The number of carbonyl (C=O) groups is 2. The molecule has 1 amide bonds. The lowest BCUT2D eigenvalue weighted by molar-refractivity contribution is -0.160. The van der Waals surface area contributed by atoms with E-state index >= 15 is 0 Å². The zero-order valence-electron chi connectivity index (χ0n) is 13.9. The van der Waals surface area contributed by atoms with Gasteiger partial charge in [0, 0.05) is 11.4 Å². The molecule has 1 N–H and O–H groups in total. The first-order chi connectivity index (χ1) is 11.8. The van der Waals surface area contributed by atoms with Crippen molar-refractivity contribution in [3.8, 4) is 11.1 Å². The van der Waals surface area contributed by atoms with Crippen LogP contribution in [0.5, 0.6) is 0 Å². The maximum Gasteiger partial charge on any atom is 0.334 e. The summed E-state index contributed by atoms with van der Waals surface area (Å²) in [5.41, 5.74) is 1.72. The van der Waals surface area contributed by atoms with E-state index in [1.54, 1.807) is 25.1 Å². The van der Waals surface area contributed by atoms with E-state index in [-0.39, 0.29) is 24.4 Å². The molecule has 1 aromatic heterocycles. The lowest BCUT2D eigenvalue weighted by Crippen LogP contribution is -2.51. The Morgan fingerprint density at radius 2 is 1.96 bits per heavy atom. The standard InChI is InChI=1S/C18H18FNO4S/c1-10-8-20(9-15(24-10)18(22)23)17(21)16-7-14(11(2)25-16)12-3-5-13(19)6-4-12/h3-7,10,15H,8-9H2,1-2H3,(H,22,23)/t10-,15?/m1/s1. The number of amides is 1. The Kier molecular flexibility index (Phi) is 4.87. The van der Waals surface area contributed by atoms with Gasteiger partial charge < -0.3 is 14.7 Å². The van der Waals surface area contributed by atoms with Crippen LogP contribution in [0.3, 0.4) is 0 Å². The highest BCUT2D eigenvalue weighted by Crippen LogP contribution is 2.32. The summed E-state index contributed by atoms with van der Waals surface area (Å²) in [5, 5.41) is 9.15. The van der Waals surface area contributed by atoms with E-state index in [9.17, 15) is 14.0 Å². The number of carbonyl (C=O) groups excluding carboxylic acids is 1. The molecule has 1 fully saturated rings. The summed E-state index contributed by atoms with van der Waals surface area (Å²) in [7, 11) is 0. The largest absolute Gasteiger partial charge is 0.479 e. The second-order valence-corrected chi connectivity index (χ2v) is 7.33. The first-order valence-electron chi connectivity index (χ1n) is 7.89. The van der Waals surface area contributed by atoms with Gasteiger partial charge in [0.05, 0.1) is 17.5 Å². The Balaban J connectivity index is 1.84. The summed E-state index contributed by atoms with van der Waals surface area (Å²) in [4.78, 5) is 27.0. The van der Waals surface area contributed by atoms with E-state index in [0.29, 0.717) is 11.4 Å². The lowest BCUT2D eigenvalue weighted by Gasteiger charge is -2.34. The van der Waals surface area contributed by atoms with E-state index in [0.717, 1.165) is 16.0 Å². The van der Waals surface area contributed by atoms with Gasteiger partial charge in [0.25, 0.3) is 5.91 Å². The summed E-state index contributed by atoms with van der Waals surface area (Å²) in [5.74, 6) is -1.59. The number of morpholine rings is 1. The van der Waals surface area contributed by atoms with Crippen LogP contribution in [-0.2, 0) is 9.53 Å². The van der Waals surface area contributed by atoms with Crippen molar-refractivity contribution in [3.05, 3.63) is 45.9 Å². The Morgan fingerprint density at radius 1 is 1.28 bits per heavy atom. The second kappa shape index (κ2) is 6.93. The van der Waals surface area contributed by atoms with Crippen LogP contribution >= 0.6 is 11.3 Å². The number of hydrogen-bond acceptors (Lipinski definition) is 4.